The van der Waals surface area contributed by atoms with Crippen molar-refractivity contribution in [3.05, 3.63) is 12.2 Å². The zero-order valence-electron chi connectivity index (χ0n) is 73.5. The van der Waals surface area contributed by atoms with E-state index in [9.17, 15) is 4.79 Å². The van der Waals surface area contributed by atoms with Crippen LogP contribution in [-0.2, 0) is 50.7 Å². The Kier molecular flexibility index (Phi) is 39.1. The highest BCUT2D eigenvalue weighted by molar-refractivity contribution is 6.94. The summed E-state index contributed by atoms with van der Waals surface area (Å²) in [5, 5.41) is 0. The maximum atomic E-state index is 11.9. The molecule has 0 saturated carbocycles. The number of carbonyl (C=O) groups excluding carboxylic acids is 1. The zero-order valence-corrected chi connectivity index (χ0v) is 93.5. The largest absolute Gasteiger partial charge is 0.462 e. The third-order valence-corrected chi connectivity index (χ3v) is 95.7. The molecule has 0 atom stereocenters. The summed E-state index contributed by atoms with van der Waals surface area (Å²) in [6.07, 6.45) is 0.838. The van der Waals surface area contributed by atoms with Gasteiger partial charge in [-0.15, -0.1) is 0 Å². The lowest BCUT2D eigenvalue weighted by Gasteiger charge is -2.41. The van der Waals surface area contributed by atoms with Crippen LogP contribution in [0.3, 0.4) is 0 Å². The van der Waals surface area contributed by atoms with Crippen LogP contribution in [0.25, 0.3) is 0 Å². The number of rotatable bonds is 52. The van der Waals surface area contributed by atoms with Crippen LogP contribution in [0.1, 0.15) is 13.3 Å². The van der Waals surface area contributed by atoms with Crippen LogP contribution >= 0.6 is 0 Å². The quantitative estimate of drug-likeness (QED) is 0.0250. The Balaban J connectivity index is 5.33. The summed E-state index contributed by atoms with van der Waals surface area (Å²) < 4.78 is 77.8. The Morgan fingerprint density at radius 3 is 0.429 bits per heavy atom. The smallest absolute Gasteiger partial charge is 0.333 e. The molecule has 98 heavy (non-hydrogen) atoms. The van der Waals surface area contributed by atoms with Gasteiger partial charge in [0.1, 0.15) is 0 Å². The average Bonchev–Trinajstić information content (AvgIpc) is 0.845. The predicted molar refractivity (Wildman–Crippen MR) is 488 cm³/mol. The monoisotopic (exact) mass is 1710 g/mol. The van der Waals surface area contributed by atoms with E-state index in [2.05, 4.69) is 275 Å². The molecular weight excluding hydrogens is 1550 g/mol. The van der Waals surface area contributed by atoms with E-state index in [1.54, 1.807) is 6.92 Å². The van der Waals surface area contributed by atoms with Gasteiger partial charge in [-0.25, -0.2) is 4.79 Å². The Morgan fingerprint density at radius 2 is 0.316 bits per heavy atom. The molecule has 0 amide bonds. The lowest BCUT2D eigenvalue weighted by atomic mass is 10.4. The van der Waals surface area contributed by atoms with Crippen molar-refractivity contribution in [1.82, 2.24) is 0 Å². The lowest BCUT2D eigenvalue weighted by molar-refractivity contribution is -0.138. The minimum absolute atomic E-state index is 0.302. The first kappa shape index (κ1) is 101. The summed E-state index contributed by atoms with van der Waals surface area (Å²) in [5.74, 6) is -0.302. The minimum atomic E-state index is -1.94. The van der Waals surface area contributed by atoms with E-state index in [0.717, 1.165) is 36.6 Å². The summed E-state index contributed by atoms with van der Waals surface area (Å²) >= 11 is 0. The van der Waals surface area contributed by atoms with Crippen LogP contribution in [0, 0.1) is 0 Å². The van der Waals surface area contributed by atoms with Gasteiger partial charge in [0.15, 0.2) is 166 Å². The fourth-order valence-corrected chi connectivity index (χ4v) is 127. The number of hydrogen-bond acceptors (Lipinski definition) is 12. The fourth-order valence-electron chi connectivity index (χ4n) is 14.7. The van der Waals surface area contributed by atoms with Crippen molar-refractivity contribution in [2.45, 2.75) is 397 Å². The first-order valence-corrected chi connectivity index (χ1v) is 101. The standard InChI is InChI=1S/C66H170O12Si20/c1-65(2)66(67)68-45-44-46-80(6,7)70-82(10,11)49-50-84(14,15)72-86(18,19)53-54-88(22,23)74-90(26,27)57-58-92(30,31)76-94(34,35)61-62-96(38,39)78-98(42,43)64-63-97(40,41)77-95(36,37)60-59-93(32,33)75-91(28,29)56-55-89(24,25)73-87(20,21)52-51-85(16,17)71-83(12,13)48-47-81(8,9)69-79(3,4)5/h1,44-64H2,2-43H3. The minimum Gasteiger partial charge on any atom is -0.462 e. The Hall–Kier alpha value is 3.15. The second kappa shape index (κ2) is 37.9. The molecule has 0 aromatic carbocycles. The Labute approximate surface area is 632 Å². The highest BCUT2D eigenvalue weighted by atomic mass is 28.5. The molecule has 0 saturated heterocycles. The van der Waals surface area contributed by atoms with E-state index >= 15 is 0 Å². The van der Waals surface area contributed by atoms with Crippen LogP contribution in [0.4, 0.5) is 0 Å². The van der Waals surface area contributed by atoms with Crippen LogP contribution in [0.15, 0.2) is 12.2 Å². The normalized spacial score (nSPS) is 15.4. The van der Waals surface area contributed by atoms with Crippen LogP contribution in [-0.4, -0.2) is 179 Å². The summed E-state index contributed by atoms with van der Waals surface area (Å²) in [4.78, 5) is 11.9. The van der Waals surface area contributed by atoms with E-state index in [1.165, 1.54) is 84.6 Å². The molecule has 0 spiro atoms. The molecule has 0 aromatic heterocycles. The maximum absolute atomic E-state index is 11.9. The Morgan fingerprint density at radius 1 is 0.204 bits per heavy atom. The number of hydrogen-bond donors (Lipinski definition) is 0. The molecule has 0 aromatic rings. The van der Waals surface area contributed by atoms with Crippen molar-refractivity contribution in [3.63, 3.8) is 0 Å². The van der Waals surface area contributed by atoms with E-state index in [-0.39, 0.29) is 5.97 Å². The molecule has 0 bridgehead atoms. The molecule has 0 aliphatic rings. The zero-order chi connectivity index (χ0) is 77.8. The molecule has 0 aliphatic heterocycles. The van der Waals surface area contributed by atoms with Gasteiger partial charge in [-0.2, -0.15) is 0 Å². The summed E-state index contributed by atoms with van der Waals surface area (Å²) in [7, 11) is -37.6. The van der Waals surface area contributed by atoms with Gasteiger partial charge in [0.2, 0.25) is 0 Å². The molecule has 0 radical (unpaired) electrons. The van der Waals surface area contributed by atoms with Crippen LogP contribution < -0.4 is 0 Å². The van der Waals surface area contributed by atoms with Gasteiger partial charge in [0.05, 0.1) is 6.61 Å². The van der Waals surface area contributed by atoms with E-state index in [1.807, 2.05) is 0 Å². The molecule has 0 rings (SSSR count). The van der Waals surface area contributed by atoms with Gasteiger partial charge in [-0.05, 0) is 397 Å². The molecule has 12 nitrogen and oxygen atoms in total. The van der Waals surface area contributed by atoms with Crippen LogP contribution in [0.2, 0.25) is 383 Å². The van der Waals surface area contributed by atoms with Crippen molar-refractivity contribution in [2.75, 3.05) is 6.61 Å². The molecule has 0 aliphatic carbocycles. The summed E-state index contributed by atoms with van der Waals surface area (Å²) in [5.41, 5.74) is 0.452. The number of ether oxygens (including phenoxy) is 1. The highest BCUT2D eigenvalue weighted by Crippen LogP contribution is 2.39. The summed E-state index contributed by atoms with van der Waals surface area (Å²) in [6.45, 7) is 106. The van der Waals surface area contributed by atoms with Crippen molar-refractivity contribution in [3.8, 4) is 0 Å². The van der Waals surface area contributed by atoms with Gasteiger partial charge in [-0.3, -0.25) is 0 Å². The fraction of sp³-hybridized carbons (Fsp3) is 0.955. The molecule has 0 heterocycles. The van der Waals surface area contributed by atoms with Crippen molar-refractivity contribution >= 4 is 172 Å². The van der Waals surface area contributed by atoms with Gasteiger partial charge < -0.3 is 45.9 Å². The van der Waals surface area contributed by atoms with Gasteiger partial charge >= 0.3 is 5.97 Å². The molecule has 0 unspecified atom stereocenters. The number of carbonyl (C=O) groups is 1. The predicted octanol–water partition coefficient (Wildman–Crippen LogP) is 25.4. The number of esters is 1. The molecule has 0 N–H and O–H groups in total. The molecule has 32 heteroatoms. The van der Waals surface area contributed by atoms with Crippen LogP contribution in [0.5, 0.6) is 0 Å². The van der Waals surface area contributed by atoms with Crippen molar-refractivity contribution < 1.29 is 50.7 Å². The first-order chi connectivity index (χ1) is 42.8. The van der Waals surface area contributed by atoms with E-state index in [0.29, 0.717) is 12.2 Å². The summed E-state index contributed by atoms with van der Waals surface area (Å²) in [6, 6.07) is 22.1. The van der Waals surface area contributed by atoms with E-state index in [4.69, 9.17) is 45.9 Å². The second-order valence-electron chi connectivity index (χ2n) is 43.1. The second-order valence-corrected chi connectivity index (χ2v) is 132. The highest BCUT2D eigenvalue weighted by Gasteiger charge is 2.47. The lowest BCUT2D eigenvalue weighted by Crippen LogP contribution is -2.51. The van der Waals surface area contributed by atoms with Crippen molar-refractivity contribution in [1.29, 1.82) is 0 Å². The first-order valence-electron chi connectivity index (χ1n) is 38.6. The Bertz CT molecular complexity index is 2440. The van der Waals surface area contributed by atoms with E-state index < -0.39 is 166 Å². The van der Waals surface area contributed by atoms with Crippen molar-refractivity contribution in [2.24, 2.45) is 0 Å². The van der Waals surface area contributed by atoms with Gasteiger partial charge in [0, 0.05) is 5.57 Å². The topological polar surface area (TPSA) is 119 Å². The third kappa shape index (κ3) is 50.0. The molecular formula is C66H170O12Si20. The SMILES string of the molecule is C=C(C)C(=O)OCCC[Si](C)(C)O[Si](C)(C)CC[Si](C)(C)O[Si](C)(C)CC[Si](C)(C)O[Si](C)(C)CC[Si](C)(C)O[Si](C)(C)CC[Si](C)(C)O[Si](C)(C)CC[Si](C)(C)O[Si](C)(C)CC[Si](C)(C)O[Si](C)(C)CC[Si](C)(C)O[Si](C)(C)CC[Si](C)(C)O[Si](C)(C)CC[Si](C)(C)O[Si](C)(C)C. The average molecular weight is 1720 g/mol. The molecule has 0 fully saturated rings. The van der Waals surface area contributed by atoms with Gasteiger partial charge in [-0.1, -0.05) is 6.58 Å². The molecule has 586 valence electrons. The van der Waals surface area contributed by atoms with Gasteiger partial charge in [0.25, 0.3) is 0 Å². The maximum Gasteiger partial charge on any atom is 0.333 e. The third-order valence-electron chi connectivity index (χ3n) is 19.0.